The lowest BCUT2D eigenvalue weighted by atomic mass is 9.79. The molecule has 0 bridgehead atoms. The van der Waals surface area contributed by atoms with Crippen LogP contribution in [0.5, 0.6) is 0 Å². The number of carbonyl (C=O) groups is 2. The largest absolute Gasteiger partial charge is 0.357 e. The lowest BCUT2D eigenvalue weighted by Crippen LogP contribution is -2.55. The van der Waals surface area contributed by atoms with Gasteiger partial charge in [-0.1, -0.05) is 6.07 Å². The van der Waals surface area contributed by atoms with E-state index in [0.717, 1.165) is 25.0 Å². The molecule has 1 atom stereocenters. The van der Waals surface area contributed by atoms with E-state index in [0.29, 0.717) is 31.2 Å². The SMILES string of the molecule is CCNC(=NCc1ccc(F)c(F)c1)N1CCC(C2(C)NC(=O)NC2=O)CC1.I. The second-order valence-corrected chi connectivity index (χ2v) is 7.29. The van der Waals surface area contributed by atoms with Crippen LogP contribution in [0.1, 0.15) is 32.3 Å². The van der Waals surface area contributed by atoms with E-state index in [1.54, 1.807) is 6.92 Å². The summed E-state index contributed by atoms with van der Waals surface area (Å²) in [6, 6.07) is 3.31. The number of halogens is 3. The highest BCUT2D eigenvalue weighted by Crippen LogP contribution is 2.30. The Morgan fingerprint density at radius 2 is 1.97 bits per heavy atom. The molecule has 0 spiro atoms. The van der Waals surface area contributed by atoms with Crippen molar-refractivity contribution in [3.05, 3.63) is 35.4 Å². The minimum absolute atomic E-state index is 0. The van der Waals surface area contributed by atoms with Crippen LogP contribution in [0, 0.1) is 17.6 Å². The number of rotatable bonds is 4. The Hall–Kier alpha value is -1.98. The van der Waals surface area contributed by atoms with Crippen molar-refractivity contribution in [1.82, 2.24) is 20.9 Å². The van der Waals surface area contributed by atoms with E-state index in [1.807, 2.05) is 6.92 Å². The average molecular weight is 521 g/mol. The Bertz CT molecular complexity index is 799. The molecule has 1 unspecified atom stereocenters. The topological polar surface area (TPSA) is 85.8 Å². The molecule has 0 radical (unpaired) electrons. The van der Waals surface area contributed by atoms with Gasteiger partial charge in [-0.25, -0.2) is 18.6 Å². The number of imide groups is 1. The smallest absolute Gasteiger partial charge is 0.322 e. The van der Waals surface area contributed by atoms with Crippen molar-refractivity contribution in [2.75, 3.05) is 19.6 Å². The summed E-state index contributed by atoms with van der Waals surface area (Å²) < 4.78 is 26.5. The molecule has 3 amide bonds. The molecule has 7 nitrogen and oxygen atoms in total. The second kappa shape index (κ2) is 9.68. The monoisotopic (exact) mass is 521 g/mol. The summed E-state index contributed by atoms with van der Waals surface area (Å²) in [6.45, 7) is 5.97. The van der Waals surface area contributed by atoms with Gasteiger partial charge in [-0.05, 0) is 50.3 Å². The number of likely N-dealkylation sites (tertiary alicyclic amines) is 1. The van der Waals surface area contributed by atoms with Crippen molar-refractivity contribution in [2.24, 2.45) is 10.9 Å². The molecule has 3 N–H and O–H groups in total. The summed E-state index contributed by atoms with van der Waals surface area (Å²) in [7, 11) is 0. The summed E-state index contributed by atoms with van der Waals surface area (Å²) in [5.74, 6) is -1.32. The molecule has 29 heavy (non-hydrogen) atoms. The van der Waals surface area contributed by atoms with Crippen LogP contribution in [0.4, 0.5) is 13.6 Å². The molecule has 0 aromatic heterocycles. The molecule has 2 fully saturated rings. The van der Waals surface area contributed by atoms with Crippen LogP contribution in [0.2, 0.25) is 0 Å². The minimum Gasteiger partial charge on any atom is -0.357 e. The van der Waals surface area contributed by atoms with Crippen LogP contribution in [-0.2, 0) is 11.3 Å². The minimum atomic E-state index is -0.886. The van der Waals surface area contributed by atoms with E-state index in [1.165, 1.54) is 6.07 Å². The van der Waals surface area contributed by atoms with Crippen LogP contribution in [0.25, 0.3) is 0 Å². The van der Waals surface area contributed by atoms with E-state index in [2.05, 4.69) is 25.8 Å². The van der Waals surface area contributed by atoms with Gasteiger partial charge >= 0.3 is 6.03 Å². The first-order valence-electron chi connectivity index (χ1n) is 9.44. The van der Waals surface area contributed by atoms with Crippen molar-refractivity contribution in [3.63, 3.8) is 0 Å². The first kappa shape index (κ1) is 23.3. The van der Waals surface area contributed by atoms with Gasteiger partial charge in [0.05, 0.1) is 6.54 Å². The van der Waals surface area contributed by atoms with Gasteiger partial charge < -0.3 is 15.5 Å². The van der Waals surface area contributed by atoms with Crippen LogP contribution >= 0.6 is 24.0 Å². The quantitative estimate of drug-likeness (QED) is 0.246. The third kappa shape index (κ3) is 5.14. The first-order valence-corrected chi connectivity index (χ1v) is 9.44. The van der Waals surface area contributed by atoms with E-state index >= 15 is 0 Å². The van der Waals surface area contributed by atoms with Gasteiger partial charge in [0.1, 0.15) is 5.54 Å². The number of amides is 3. The van der Waals surface area contributed by atoms with Gasteiger partial charge in [0.15, 0.2) is 17.6 Å². The fourth-order valence-electron chi connectivity index (χ4n) is 3.74. The molecule has 1 aromatic rings. The Morgan fingerprint density at radius 3 is 2.52 bits per heavy atom. The van der Waals surface area contributed by atoms with Crippen LogP contribution in [0.3, 0.4) is 0 Å². The third-order valence-electron chi connectivity index (χ3n) is 5.41. The first-order chi connectivity index (χ1) is 13.3. The summed E-state index contributed by atoms with van der Waals surface area (Å²) >= 11 is 0. The van der Waals surface area contributed by atoms with Gasteiger partial charge in [0.25, 0.3) is 5.91 Å². The number of guanidine groups is 1. The van der Waals surface area contributed by atoms with Gasteiger partial charge in [-0.2, -0.15) is 0 Å². The average Bonchev–Trinajstić information content (AvgIpc) is 2.94. The number of nitrogens with one attached hydrogen (secondary N) is 3. The van der Waals surface area contributed by atoms with Gasteiger partial charge in [-0.15, -0.1) is 24.0 Å². The van der Waals surface area contributed by atoms with Crippen molar-refractivity contribution in [2.45, 2.75) is 38.8 Å². The molecule has 160 valence electrons. The molecule has 2 heterocycles. The molecule has 0 saturated carbocycles. The van der Waals surface area contributed by atoms with E-state index < -0.39 is 23.2 Å². The molecule has 2 aliphatic rings. The molecule has 0 aliphatic carbocycles. The number of piperidine rings is 1. The van der Waals surface area contributed by atoms with Gasteiger partial charge in [0, 0.05) is 19.6 Å². The molecule has 2 saturated heterocycles. The molecular formula is C19H26F2IN5O2. The summed E-state index contributed by atoms with van der Waals surface area (Å²) in [4.78, 5) is 30.3. The van der Waals surface area contributed by atoms with Gasteiger partial charge in [-0.3, -0.25) is 10.1 Å². The number of aliphatic imine (C=N–C) groups is 1. The third-order valence-corrected chi connectivity index (χ3v) is 5.41. The molecule has 1 aromatic carbocycles. The van der Waals surface area contributed by atoms with Crippen molar-refractivity contribution >= 4 is 41.9 Å². The highest BCUT2D eigenvalue weighted by Gasteiger charge is 2.48. The van der Waals surface area contributed by atoms with E-state index in [4.69, 9.17) is 0 Å². The lowest BCUT2D eigenvalue weighted by molar-refractivity contribution is -0.125. The lowest BCUT2D eigenvalue weighted by Gasteiger charge is -2.39. The highest BCUT2D eigenvalue weighted by atomic mass is 127. The molecular weight excluding hydrogens is 495 g/mol. The van der Waals surface area contributed by atoms with Crippen molar-refractivity contribution < 1.29 is 18.4 Å². The molecule has 2 aliphatic heterocycles. The summed E-state index contributed by atoms with van der Waals surface area (Å²) in [5, 5.41) is 8.27. The zero-order valence-electron chi connectivity index (χ0n) is 16.4. The van der Waals surface area contributed by atoms with Crippen LogP contribution in [0.15, 0.2) is 23.2 Å². The Morgan fingerprint density at radius 1 is 1.28 bits per heavy atom. The molecule has 3 rings (SSSR count). The number of nitrogens with zero attached hydrogens (tertiary/aromatic N) is 2. The number of urea groups is 1. The number of hydrogen-bond acceptors (Lipinski definition) is 3. The number of benzene rings is 1. The van der Waals surface area contributed by atoms with Crippen molar-refractivity contribution in [1.29, 1.82) is 0 Å². The Kier molecular flexibility index (Phi) is 7.78. The van der Waals surface area contributed by atoms with Gasteiger partial charge in [0.2, 0.25) is 0 Å². The Labute approximate surface area is 185 Å². The maximum atomic E-state index is 13.4. The maximum Gasteiger partial charge on any atom is 0.322 e. The van der Waals surface area contributed by atoms with Crippen molar-refractivity contribution in [3.8, 4) is 0 Å². The maximum absolute atomic E-state index is 13.4. The molecule has 10 heteroatoms. The Balaban J connectivity index is 0.00000300. The van der Waals surface area contributed by atoms with E-state index in [9.17, 15) is 18.4 Å². The zero-order valence-corrected chi connectivity index (χ0v) is 18.8. The normalized spacial score (nSPS) is 22.8. The second-order valence-electron chi connectivity index (χ2n) is 7.29. The fourth-order valence-corrected chi connectivity index (χ4v) is 3.74. The highest BCUT2D eigenvalue weighted by molar-refractivity contribution is 14.0. The van der Waals surface area contributed by atoms with Crippen LogP contribution < -0.4 is 16.0 Å². The summed E-state index contributed by atoms with van der Waals surface area (Å²) in [5.41, 5.74) is -0.299. The standard InChI is InChI=1S/C19H25F2N5O2.HI/c1-3-22-17(23-11-12-4-5-14(20)15(21)10-12)26-8-6-13(7-9-26)19(2)16(27)24-18(28)25-19;/h4-5,10,13H,3,6-9,11H2,1-2H3,(H,22,23)(H2,24,25,27,28);1H. The fraction of sp³-hybridized carbons (Fsp3) is 0.526. The predicted molar refractivity (Wildman–Crippen MR) is 116 cm³/mol. The predicted octanol–water partition coefficient (Wildman–Crippen LogP) is 2.36. The zero-order chi connectivity index (χ0) is 20.3. The van der Waals surface area contributed by atoms with Crippen LogP contribution in [-0.4, -0.2) is 48.0 Å². The number of carbonyl (C=O) groups excluding carboxylic acids is 2. The van der Waals surface area contributed by atoms with E-state index in [-0.39, 0.29) is 42.3 Å². The summed E-state index contributed by atoms with van der Waals surface area (Å²) in [6.07, 6.45) is 1.44. The number of hydrogen-bond donors (Lipinski definition) is 3.